The average Bonchev–Trinajstić information content (AvgIpc) is 2.86. The largest absolute Gasteiger partial charge is 0.497 e. The number of benzene rings is 2. The Morgan fingerprint density at radius 1 is 1.03 bits per heavy atom. The molecule has 2 aromatic rings. The van der Waals surface area contributed by atoms with Crippen LogP contribution in [0.15, 0.2) is 42.5 Å². The number of methoxy groups -OCH3 is 1. The summed E-state index contributed by atoms with van der Waals surface area (Å²) in [7, 11) is 9.21. The molecule has 3 rings (SSSR count). The van der Waals surface area contributed by atoms with E-state index < -0.39 is 17.7 Å². The first kappa shape index (κ1) is 25.1. The van der Waals surface area contributed by atoms with E-state index in [0.29, 0.717) is 43.1 Å². The normalized spacial score (nSPS) is 19.1. The number of amides is 1. The van der Waals surface area contributed by atoms with E-state index in [-0.39, 0.29) is 11.8 Å². The van der Waals surface area contributed by atoms with Crippen molar-refractivity contribution in [1.82, 2.24) is 9.80 Å². The van der Waals surface area contributed by atoms with Crippen LogP contribution in [0, 0.1) is 5.92 Å². The van der Waals surface area contributed by atoms with E-state index in [9.17, 15) is 18.0 Å². The summed E-state index contributed by atoms with van der Waals surface area (Å²) in [6, 6.07) is 11.2. The van der Waals surface area contributed by atoms with Gasteiger partial charge in [-0.1, -0.05) is 12.1 Å². The molecule has 1 amide bonds. The molecule has 0 unspecified atom stereocenters. The number of fused-ring (bicyclic) bond motifs is 1. The molecule has 1 aliphatic rings. The van der Waals surface area contributed by atoms with Crippen molar-refractivity contribution in [2.75, 3.05) is 59.8 Å². The second-order valence-electron chi connectivity index (χ2n) is 9.09. The number of nitrogens with zero attached hydrogens (tertiary/aromatic N) is 3. The summed E-state index contributed by atoms with van der Waals surface area (Å²) in [4.78, 5) is 19.5. The van der Waals surface area contributed by atoms with E-state index in [2.05, 4.69) is 0 Å². The van der Waals surface area contributed by atoms with Gasteiger partial charge in [0, 0.05) is 31.2 Å². The predicted molar refractivity (Wildman–Crippen MR) is 124 cm³/mol. The molecule has 0 bridgehead atoms. The van der Waals surface area contributed by atoms with Crippen LogP contribution >= 0.6 is 0 Å². The van der Waals surface area contributed by atoms with Crippen molar-refractivity contribution >= 4 is 11.6 Å². The standard InChI is InChI=1S/C25H32F3N3O2/c1-29(2)12-13-31-23-11-8-19(25(26,27)28)14-18(23)15-21(22(24(31)32)16-30(3)4)17-6-9-20(33-5)10-7-17/h6-11,14,21-22H,12-13,15-16H2,1-5H3/t21-,22+/m1/s1. The Kier molecular flexibility index (Phi) is 7.69. The Hall–Kier alpha value is -2.58. The number of rotatable bonds is 7. The van der Waals surface area contributed by atoms with Crippen LogP contribution in [-0.4, -0.2) is 70.6 Å². The molecule has 0 fully saturated rings. The minimum Gasteiger partial charge on any atom is -0.497 e. The van der Waals surface area contributed by atoms with E-state index in [1.807, 2.05) is 62.3 Å². The molecule has 0 saturated carbocycles. The molecule has 2 aromatic carbocycles. The molecule has 1 heterocycles. The van der Waals surface area contributed by atoms with Gasteiger partial charge in [-0.15, -0.1) is 0 Å². The molecule has 2 atom stereocenters. The first-order valence-electron chi connectivity index (χ1n) is 11.0. The highest BCUT2D eigenvalue weighted by molar-refractivity contribution is 5.97. The lowest BCUT2D eigenvalue weighted by Crippen LogP contribution is -2.44. The van der Waals surface area contributed by atoms with Gasteiger partial charge in [-0.25, -0.2) is 0 Å². The van der Waals surface area contributed by atoms with Crippen molar-refractivity contribution in [1.29, 1.82) is 0 Å². The molecule has 8 heteroatoms. The molecule has 180 valence electrons. The van der Waals surface area contributed by atoms with Crippen LogP contribution in [0.1, 0.15) is 22.6 Å². The SMILES string of the molecule is COc1ccc([C@H]2Cc3cc(C(F)(F)F)ccc3N(CCN(C)C)C(=O)[C@H]2CN(C)C)cc1. The lowest BCUT2D eigenvalue weighted by molar-refractivity contribution is -0.137. The highest BCUT2D eigenvalue weighted by atomic mass is 19.4. The maximum atomic E-state index is 13.9. The minimum atomic E-state index is -4.45. The van der Waals surface area contributed by atoms with Gasteiger partial charge in [0.05, 0.1) is 18.6 Å². The Bertz CT molecular complexity index is 958. The minimum absolute atomic E-state index is 0.0649. The van der Waals surface area contributed by atoms with Gasteiger partial charge in [-0.2, -0.15) is 13.2 Å². The lowest BCUT2D eigenvalue weighted by Gasteiger charge is -2.31. The number of ether oxygens (including phenoxy) is 1. The van der Waals surface area contributed by atoms with E-state index in [1.54, 1.807) is 12.0 Å². The number of likely N-dealkylation sites (N-methyl/N-ethyl adjacent to an activating group) is 1. The van der Waals surface area contributed by atoms with Gasteiger partial charge in [-0.05, 0) is 76.1 Å². The number of halogens is 3. The third kappa shape index (κ3) is 5.86. The van der Waals surface area contributed by atoms with Gasteiger partial charge in [0.1, 0.15) is 5.75 Å². The zero-order valence-corrected chi connectivity index (χ0v) is 19.8. The van der Waals surface area contributed by atoms with Crippen LogP contribution < -0.4 is 9.64 Å². The second kappa shape index (κ2) is 10.1. The van der Waals surface area contributed by atoms with Crippen LogP contribution in [0.5, 0.6) is 5.75 Å². The van der Waals surface area contributed by atoms with Crippen molar-refractivity contribution in [2.24, 2.45) is 5.92 Å². The lowest BCUT2D eigenvalue weighted by atomic mass is 9.81. The maximum absolute atomic E-state index is 13.9. The van der Waals surface area contributed by atoms with Gasteiger partial charge in [0.2, 0.25) is 5.91 Å². The number of carbonyl (C=O) groups excluding carboxylic acids is 1. The molecule has 33 heavy (non-hydrogen) atoms. The molecular formula is C25H32F3N3O2. The number of anilines is 1. The third-order valence-corrected chi connectivity index (χ3v) is 6.08. The quantitative estimate of drug-likeness (QED) is 0.619. The van der Waals surface area contributed by atoms with Crippen molar-refractivity contribution in [3.63, 3.8) is 0 Å². The fourth-order valence-corrected chi connectivity index (χ4v) is 4.39. The van der Waals surface area contributed by atoms with E-state index in [0.717, 1.165) is 11.6 Å². The van der Waals surface area contributed by atoms with Gasteiger partial charge >= 0.3 is 6.18 Å². The molecule has 0 spiro atoms. The Morgan fingerprint density at radius 3 is 2.24 bits per heavy atom. The molecule has 5 nitrogen and oxygen atoms in total. The van der Waals surface area contributed by atoms with Crippen LogP contribution in [0.3, 0.4) is 0 Å². The Balaban J connectivity index is 2.14. The molecule has 0 aromatic heterocycles. The van der Waals surface area contributed by atoms with Crippen molar-refractivity contribution in [2.45, 2.75) is 18.5 Å². The molecular weight excluding hydrogens is 431 g/mol. The van der Waals surface area contributed by atoms with Gasteiger partial charge in [0.25, 0.3) is 0 Å². The van der Waals surface area contributed by atoms with Crippen LogP contribution in [0.4, 0.5) is 18.9 Å². The summed E-state index contributed by atoms with van der Waals surface area (Å²) in [5.74, 6) is -0.0465. The second-order valence-corrected chi connectivity index (χ2v) is 9.09. The number of carbonyl (C=O) groups is 1. The summed E-state index contributed by atoms with van der Waals surface area (Å²) < 4.78 is 45.9. The summed E-state index contributed by atoms with van der Waals surface area (Å²) in [6.07, 6.45) is -4.10. The average molecular weight is 464 g/mol. The number of hydrogen-bond donors (Lipinski definition) is 0. The Morgan fingerprint density at radius 2 is 1.70 bits per heavy atom. The molecule has 0 N–H and O–H groups in total. The Labute approximate surface area is 193 Å². The fraction of sp³-hybridized carbons (Fsp3) is 0.480. The fourth-order valence-electron chi connectivity index (χ4n) is 4.39. The number of hydrogen-bond acceptors (Lipinski definition) is 4. The van der Waals surface area contributed by atoms with Gasteiger partial charge in [-0.3, -0.25) is 4.79 Å². The zero-order chi connectivity index (χ0) is 24.3. The highest BCUT2D eigenvalue weighted by Crippen LogP contribution is 2.41. The van der Waals surface area contributed by atoms with Crippen molar-refractivity contribution < 1.29 is 22.7 Å². The highest BCUT2D eigenvalue weighted by Gasteiger charge is 2.39. The van der Waals surface area contributed by atoms with E-state index in [4.69, 9.17) is 4.74 Å². The molecule has 0 saturated heterocycles. The predicted octanol–water partition coefficient (Wildman–Crippen LogP) is 4.13. The zero-order valence-electron chi connectivity index (χ0n) is 19.8. The first-order valence-corrected chi connectivity index (χ1v) is 11.0. The van der Waals surface area contributed by atoms with Crippen LogP contribution in [0.25, 0.3) is 0 Å². The topological polar surface area (TPSA) is 36.0 Å². The molecule has 0 radical (unpaired) electrons. The van der Waals surface area contributed by atoms with Crippen LogP contribution in [-0.2, 0) is 17.4 Å². The third-order valence-electron chi connectivity index (χ3n) is 6.08. The molecule has 0 aliphatic carbocycles. The van der Waals surface area contributed by atoms with E-state index >= 15 is 0 Å². The number of alkyl halides is 3. The summed E-state index contributed by atoms with van der Waals surface area (Å²) in [5.41, 5.74) is 1.32. The van der Waals surface area contributed by atoms with E-state index in [1.165, 1.54) is 12.1 Å². The smallest absolute Gasteiger partial charge is 0.416 e. The summed E-state index contributed by atoms with van der Waals surface area (Å²) in [5, 5.41) is 0. The summed E-state index contributed by atoms with van der Waals surface area (Å²) in [6.45, 7) is 1.51. The van der Waals surface area contributed by atoms with Gasteiger partial charge < -0.3 is 19.4 Å². The van der Waals surface area contributed by atoms with Crippen LogP contribution in [0.2, 0.25) is 0 Å². The van der Waals surface area contributed by atoms with Crippen molar-refractivity contribution in [3.8, 4) is 5.75 Å². The molecule has 1 aliphatic heterocycles. The summed E-state index contributed by atoms with van der Waals surface area (Å²) >= 11 is 0. The monoisotopic (exact) mass is 463 g/mol. The van der Waals surface area contributed by atoms with Crippen molar-refractivity contribution in [3.05, 3.63) is 59.2 Å². The first-order chi connectivity index (χ1) is 15.5. The maximum Gasteiger partial charge on any atom is 0.416 e. The van der Waals surface area contributed by atoms with Gasteiger partial charge in [0.15, 0.2) is 0 Å².